The highest BCUT2D eigenvalue weighted by Gasteiger charge is 2.33. The molecule has 1 atom stereocenters. The molecule has 1 saturated heterocycles. The number of hydrogen-bond acceptors (Lipinski definition) is 6. The fraction of sp³-hybridized carbons (Fsp3) is 0.636. The molecule has 19 heavy (non-hydrogen) atoms. The Hall–Kier alpha value is -0.530. The molecule has 1 fully saturated rings. The van der Waals surface area contributed by atoms with Gasteiger partial charge in [0.15, 0.2) is 9.84 Å². The van der Waals surface area contributed by atoms with Crippen molar-refractivity contribution in [2.24, 2.45) is 0 Å². The van der Waals surface area contributed by atoms with Crippen LogP contribution in [0.4, 0.5) is 5.82 Å². The Labute approximate surface area is 122 Å². The summed E-state index contributed by atoms with van der Waals surface area (Å²) < 4.78 is 24.4. The van der Waals surface area contributed by atoms with Crippen LogP contribution in [0.1, 0.15) is 12.7 Å². The van der Waals surface area contributed by atoms with Crippen molar-refractivity contribution < 1.29 is 8.42 Å². The molecule has 0 saturated carbocycles. The van der Waals surface area contributed by atoms with Gasteiger partial charge in [-0.2, -0.15) is 11.8 Å². The molecule has 0 radical (unpaired) electrons. The molecule has 2 heterocycles. The maximum Gasteiger partial charge on any atom is 0.171 e. The maximum atomic E-state index is 12.2. The second kappa shape index (κ2) is 5.85. The molecule has 1 unspecified atom stereocenters. The van der Waals surface area contributed by atoms with Crippen molar-refractivity contribution in [2.75, 3.05) is 28.7 Å². The quantitative estimate of drug-likeness (QED) is 0.790. The van der Waals surface area contributed by atoms with Crippen LogP contribution >= 0.6 is 23.4 Å². The molecule has 0 aromatic carbocycles. The lowest BCUT2D eigenvalue weighted by molar-refractivity contribution is 0.578. The van der Waals surface area contributed by atoms with Crippen molar-refractivity contribution >= 4 is 39.0 Å². The van der Waals surface area contributed by atoms with E-state index in [1.807, 2.05) is 4.90 Å². The van der Waals surface area contributed by atoms with Crippen LogP contribution in [0, 0.1) is 6.92 Å². The topological polar surface area (TPSA) is 63.2 Å². The summed E-state index contributed by atoms with van der Waals surface area (Å²) in [5.74, 6) is 2.73. The summed E-state index contributed by atoms with van der Waals surface area (Å²) in [6.07, 6.45) is 0. The third kappa shape index (κ3) is 3.32. The molecule has 1 aromatic heterocycles. The lowest BCUT2D eigenvalue weighted by Gasteiger charge is -2.35. The number of rotatable bonds is 3. The number of halogens is 1. The third-order valence-corrected chi connectivity index (χ3v) is 6.47. The van der Waals surface area contributed by atoms with E-state index in [1.54, 1.807) is 31.7 Å². The van der Waals surface area contributed by atoms with Gasteiger partial charge in [-0.05, 0) is 6.92 Å². The summed E-state index contributed by atoms with van der Waals surface area (Å²) in [5.41, 5.74) is 0. The van der Waals surface area contributed by atoms with Crippen LogP contribution in [0.3, 0.4) is 0 Å². The third-order valence-electron chi connectivity index (χ3n) is 2.99. The fourth-order valence-electron chi connectivity index (χ4n) is 2.00. The minimum absolute atomic E-state index is 0.131. The van der Waals surface area contributed by atoms with Gasteiger partial charge in [-0.1, -0.05) is 18.5 Å². The highest BCUT2D eigenvalue weighted by molar-refractivity contribution is 8.01. The van der Waals surface area contributed by atoms with Crippen molar-refractivity contribution in [3.8, 4) is 0 Å². The van der Waals surface area contributed by atoms with Crippen molar-refractivity contribution in [2.45, 2.75) is 19.2 Å². The monoisotopic (exact) mass is 321 g/mol. The molecule has 0 aliphatic carbocycles. The zero-order valence-corrected chi connectivity index (χ0v) is 13.2. The van der Waals surface area contributed by atoms with Crippen molar-refractivity contribution in [3.05, 3.63) is 17.0 Å². The first-order valence-electron chi connectivity index (χ1n) is 6.01. The molecule has 1 aromatic rings. The van der Waals surface area contributed by atoms with Crippen LogP contribution in [-0.2, 0) is 9.84 Å². The highest BCUT2D eigenvalue weighted by Crippen LogP contribution is 2.27. The smallest absolute Gasteiger partial charge is 0.171 e. The van der Waals surface area contributed by atoms with E-state index in [0.717, 1.165) is 5.75 Å². The van der Waals surface area contributed by atoms with Crippen molar-refractivity contribution in [3.63, 3.8) is 0 Å². The van der Waals surface area contributed by atoms with Gasteiger partial charge in [0.1, 0.15) is 22.2 Å². The summed E-state index contributed by atoms with van der Waals surface area (Å²) in [6.45, 7) is 4.07. The van der Waals surface area contributed by atoms with Crippen LogP contribution in [0.5, 0.6) is 0 Å². The number of nitrogens with zero attached hydrogens (tertiary/aromatic N) is 3. The van der Waals surface area contributed by atoms with Crippen LogP contribution in [0.2, 0.25) is 5.15 Å². The average Bonchev–Trinajstić information content (AvgIpc) is 2.37. The number of anilines is 1. The molecule has 1 aliphatic rings. The molecule has 5 nitrogen and oxygen atoms in total. The summed E-state index contributed by atoms with van der Waals surface area (Å²) in [6, 6.07) is 1.63. The first kappa shape index (κ1) is 14.9. The van der Waals surface area contributed by atoms with Gasteiger partial charge in [0.2, 0.25) is 0 Å². The standard InChI is InChI=1S/C11H16ClN3O2S2/c1-3-19(16,17)11-7-18-5-4-15(11)10-6-9(12)13-8(2)14-10/h6,11H,3-5,7H2,1-2H3. The Kier molecular flexibility index (Phi) is 4.58. The van der Waals surface area contributed by atoms with Crippen molar-refractivity contribution in [1.29, 1.82) is 0 Å². The zero-order chi connectivity index (χ0) is 14.0. The van der Waals surface area contributed by atoms with E-state index < -0.39 is 15.2 Å². The number of sulfone groups is 1. The minimum atomic E-state index is -3.14. The second-order valence-electron chi connectivity index (χ2n) is 4.27. The first-order valence-corrected chi connectivity index (χ1v) is 9.26. The number of hydrogen-bond donors (Lipinski definition) is 0. The molecular formula is C11H16ClN3O2S2. The lowest BCUT2D eigenvalue weighted by atomic mass is 10.4. The Morgan fingerprint density at radius 1 is 1.53 bits per heavy atom. The van der Waals surface area contributed by atoms with E-state index in [9.17, 15) is 8.42 Å². The molecule has 8 heteroatoms. The predicted octanol–water partition coefficient (Wildman–Crippen LogP) is 1.75. The zero-order valence-electron chi connectivity index (χ0n) is 10.8. The normalized spacial score (nSPS) is 20.6. The molecule has 106 valence electrons. The van der Waals surface area contributed by atoms with Gasteiger partial charge in [-0.15, -0.1) is 0 Å². The van der Waals surface area contributed by atoms with E-state index >= 15 is 0 Å². The molecule has 0 bridgehead atoms. The van der Waals surface area contributed by atoms with Gasteiger partial charge in [0.05, 0.1) is 0 Å². The molecule has 0 N–H and O–H groups in total. The van der Waals surface area contributed by atoms with Gasteiger partial charge in [-0.3, -0.25) is 0 Å². The Morgan fingerprint density at radius 2 is 2.26 bits per heavy atom. The number of aryl methyl sites for hydroxylation is 1. The summed E-state index contributed by atoms with van der Waals surface area (Å²) in [7, 11) is -3.14. The van der Waals surface area contributed by atoms with E-state index in [2.05, 4.69) is 9.97 Å². The molecule has 1 aliphatic heterocycles. The summed E-state index contributed by atoms with van der Waals surface area (Å²) in [5, 5.41) is -0.185. The van der Waals surface area contributed by atoms with Crippen LogP contribution in [0.15, 0.2) is 6.07 Å². The number of aromatic nitrogens is 2. The number of thioether (sulfide) groups is 1. The van der Waals surface area contributed by atoms with E-state index in [4.69, 9.17) is 11.6 Å². The molecule has 2 rings (SSSR count). The average molecular weight is 322 g/mol. The van der Waals surface area contributed by atoms with Crippen LogP contribution in [-0.4, -0.2) is 47.6 Å². The highest BCUT2D eigenvalue weighted by atomic mass is 35.5. The van der Waals surface area contributed by atoms with E-state index in [-0.39, 0.29) is 5.75 Å². The Balaban J connectivity index is 2.39. The second-order valence-corrected chi connectivity index (χ2v) is 8.25. The molecule has 0 spiro atoms. The first-order chi connectivity index (χ1) is 8.94. The van der Waals surface area contributed by atoms with E-state index in [1.165, 1.54) is 0 Å². The minimum Gasteiger partial charge on any atom is -0.338 e. The van der Waals surface area contributed by atoms with Gasteiger partial charge in [-0.25, -0.2) is 18.4 Å². The maximum absolute atomic E-state index is 12.2. The summed E-state index contributed by atoms with van der Waals surface area (Å²) >= 11 is 7.59. The Bertz CT molecular complexity index is 545. The SMILES string of the molecule is CCS(=O)(=O)C1CSCCN1c1cc(Cl)nc(C)n1. The largest absolute Gasteiger partial charge is 0.338 e. The van der Waals surface area contributed by atoms with Gasteiger partial charge < -0.3 is 4.90 Å². The summed E-state index contributed by atoms with van der Waals surface area (Å²) in [4.78, 5) is 10.2. The fourth-order valence-corrected chi connectivity index (χ4v) is 5.19. The van der Waals surface area contributed by atoms with Gasteiger partial charge in [0.25, 0.3) is 0 Å². The van der Waals surface area contributed by atoms with Crippen LogP contribution < -0.4 is 4.90 Å². The van der Waals surface area contributed by atoms with Crippen LogP contribution in [0.25, 0.3) is 0 Å². The van der Waals surface area contributed by atoms with Gasteiger partial charge >= 0.3 is 0 Å². The Morgan fingerprint density at radius 3 is 2.89 bits per heavy atom. The van der Waals surface area contributed by atoms with Crippen molar-refractivity contribution in [1.82, 2.24) is 9.97 Å². The van der Waals surface area contributed by atoms with E-state index in [0.29, 0.717) is 29.1 Å². The van der Waals surface area contributed by atoms with Gasteiger partial charge in [0, 0.05) is 29.9 Å². The predicted molar refractivity (Wildman–Crippen MR) is 79.7 cm³/mol. The molecule has 0 amide bonds. The lowest BCUT2D eigenvalue weighted by Crippen LogP contribution is -2.48. The molecular weight excluding hydrogens is 306 g/mol.